The third-order valence-electron chi connectivity index (χ3n) is 6.61. The monoisotopic (exact) mass is 495 g/mol. The van der Waals surface area contributed by atoms with Gasteiger partial charge in [-0.05, 0) is 73.1 Å². The summed E-state index contributed by atoms with van der Waals surface area (Å²) in [6.07, 6.45) is 5.38. The highest BCUT2D eigenvalue weighted by atomic mass is 16.6. The Morgan fingerprint density at radius 2 is 1.60 bits per heavy atom. The van der Waals surface area contributed by atoms with E-state index in [1.165, 1.54) is 11.9 Å². The normalized spacial score (nSPS) is 21.1. The smallest absolute Gasteiger partial charge is 0.410 e. The molecule has 10 nitrogen and oxygen atoms in total. The number of nitrogens with zero attached hydrogens (tertiary/aromatic N) is 2. The van der Waals surface area contributed by atoms with E-state index < -0.39 is 41.4 Å². The molecule has 2 fully saturated rings. The lowest BCUT2D eigenvalue weighted by Crippen LogP contribution is -2.60. The SMILES string of the molecule is C[C@@H](C(=O)N[C@H](C(=O)N1CCC[C@H]1C(=O)NC(C)(C)N)C1CCCCC1)N(C)C(=O)OC(C)(C)C. The van der Waals surface area contributed by atoms with Crippen molar-refractivity contribution in [3.05, 3.63) is 0 Å². The second-order valence-electron chi connectivity index (χ2n) is 11.6. The average Bonchev–Trinajstić information content (AvgIpc) is 3.24. The van der Waals surface area contributed by atoms with Crippen LogP contribution in [0.3, 0.4) is 0 Å². The summed E-state index contributed by atoms with van der Waals surface area (Å²) >= 11 is 0. The van der Waals surface area contributed by atoms with E-state index in [1.54, 1.807) is 46.4 Å². The maximum absolute atomic E-state index is 13.8. The maximum Gasteiger partial charge on any atom is 0.410 e. The first kappa shape index (κ1) is 28.9. The lowest BCUT2D eigenvalue weighted by Gasteiger charge is -2.36. The van der Waals surface area contributed by atoms with Crippen molar-refractivity contribution in [2.45, 2.75) is 116 Å². The minimum Gasteiger partial charge on any atom is -0.444 e. The molecule has 0 bridgehead atoms. The number of likely N-dealkylation sites (tertiary alicyclic amines) is 1. The third kappa shape index (κ3) is 8.37. The molecule has 0 spiro atoms. The predicted octanol–water partition coefficient (Wildman–Crippen LogP) is 2.11. The number of hydrogen-bond acceptors (Lipinski definition) is 6. The molecule has 4 amide bonds. The fourth-order valence-corrected chi connectivity index (χ4v) is 4.67. The largest absolute Gasteiger partial charge is 0.444 e. The first-order valence-corrected chi connectivity index (χ1v) is 12.8. The summed E-state index contributed by atoms with van der Waals surface area (Å²) in [5.41, 5.74) is 4.37. The van der Waals surface area contributed by atoms with Gasteiger partial charge in [-0.3, -0.25) is 19.3 Å². The van der Waals surface area contributed by atoms with Gasteiger partial charge in [0.25, 0.3) is 0 Å². The Morgan fingerprint density at radius 1 is 1.00 bits per heavy atom. The Morgan fingerprint density at radius 3 is 2.14 bits per heavy atom. The molecule has 2 rings (SSSR count). The van der Waals surface area contributed by atoms with Crippen molar-refractivity contribution < 1.29 is 23.9 Å². The molecule has 10 heteroatoms. The number of carbonyl (C=O) groups excluding carboxylic acids is 4. The fraction of sp³-hybridized carbons (Fsp3) is 0.840. The number of carbonyl (C=O) groups is 4. The van der Waals surface area contributed by atoms with E-state index in [4.69, 9.17) is 10.5 Å². The number of ether oxygens (including phenoxy) is 1. The number of amides is 4. The molecule has 0 unspecified atom stereocenters. The first-order chi connectivity index (χ1) is 16.1. The van der Waals surface area contributed by atoms with Gasteiger partial charge < -0.3 is 26.0 Å². The lowest BCUT2D eigenvalue weighted by atomic mass is 9.83. The van der Waals surface area contributed by atoms with E-state index in [0.717, 1.165) is 32.1 Å². The minimum atomic E-state index is -0.896. The van der Waals surface area contributed by atoms with Crippen LogP contribution in [0.1, 0.15) is 86.5 Å². The molecule has 3 atom stereocenters. The summed E-state index contributed by atoms with van der Waals surface area (Å²) in [7, 11) is 1.51. The van der Waals surface area contributed by atoms with Crippen LogP contribution in [0.15, 0.2) is 0 Å². The summed E-state index contributed by atoms with van der Waals surface area (Å²) in [5, 5.41) is 5.70. The third-order valence-corrected chi connectivity index (χ3v) is 6.61. The van der Waals surface area contributed by atoms with Gasteiger partial charge in [-0.25, -0.2) is 4.79 Å². The second-order valence-corrected chi connectivity index (χ2v) is 11.6. The summed E-state index contributed by atoms with van der Waals surface area (Å²) in [6, 6.07) is -2.20. The van der Waals surface area contributed by atoms with E-state index in [-0.39, 0.29) is 17.7 Å². The Bertz CT molecular complexity index is 782. The fourth-order valence-electron chi connectivity index (χ4n) is 4.67. The molecule has 1 aliphatic carbocycles. The van der Waals surface area contributed by atoms with E-state index >= 15 is 0 Å². The van der Waals surface area contributed by atoms with Crippen LogP contribution in [0.25, 0.3) is 0 Å². The van der Waals surface area contributed by atoms with Crippen LogP contribution in [0.5, 0.6) is 0 Å². The lowest BCUT2D eigenvalue weighted by molar-refractivity contribution is -0.144. The molecule has 35 heavy (non-hydrogen) atoms. The van der Waals surface area contributed by atoms with Gasteiger partial charge in [-0.2, -0.15) is 0 Å². The van der Waals surface area contributed by atoms with Crippen molar-refractivity contribution in [1.29, 1.82) is 0 Å². The highest BCUT2D eigenvalue weighted by Gasteiger charge is 2.42. The number of likely N-dealkylation sites (N-methyl/N-ethyl adjacent to an activating group) is 1. The van der Waals surface area contributed by atoms with Gasteiger partial charge in [-0.1, -0.05) is 19.3 Å². The first-order valence-electron chi connectivity index (χ1n) is 12.8. The van der Waals surface area contributed by atoms with Crippen molar-refractivity contribution in [3.8, 4) is 0 Å². The molecule has 2 aliphatic rings. The Hall–Kier alpha value is -2.36. The Kier molecular flexibility index (Phi) is 9.56. The van der Waals surface area contributed by atoms with Crippen molar-refractivity contribution in [3.63, 3.8) is 0 Å². The molecule has 1 saturated carbocycles. The van der Waals surface area contributed by atoms with Gasteiger partial charge >= 0.3 is 6.09 Å². The van der Waals surface area contributed by atoms with Gasteiger partial charge in [0.15, 0.2) is 0 Å². The zero-order valence-electron chi connectivity index (χ0n) is 22.5. The quantitative estimate of drug-likeness (QED) is 0.463. The molecular formula is C25H45N5O5. The second kappa shape index (κ2) is 11.6. The van der Waals surface area contributed by atoms with Crippen LogP contribution in [-0.4, -0.2) is 76.6 Å². The van der Waals surface area contributed by atoms with Gasteiger partial charge in [0.05, 0.1) is 5.66 Å². The van der Waals surface area contributed by atoms with Crippen molar-refractivity contribution in [2.24, 2.45) is 11.7 Å². The van der Waals surface area contributed by atoms with Crippen LogP contribution in [0, 0.1) is 5.92 Å². The molecule has 0 aromatic carbocycles. The number of hydrogen-bond donors (Lipinski definition) is 3. The minimum absolute atomic E-state index is 0.0190. The van der Waals surface area contributed by atoms with Crippen LogP contribution in [-0.2, 0) is 19.1 Å². The average molecular weight is 496 g/mol. The van der Waals surface area contributed by atoms with Crippen molar-refractivity contribution in [2.75, 3.05) is 13.6 Å². The topological polar surface area (TPSA) is 134 Å². The highest BCUT2D eigenvalue weighted by Crippen LogP contribution is 2.29. The van der Waals surface area contributed by atoms with Crippen molar-refractivity contribution in [1.82, 2.24) is 20.4 Å². The Balaban J connectivity index is 2.19. The molecule has 0 aromatic rings. The van der Waals surface area contributed by atoms with E-state index in [0.29, 0.717) is 19.4 Å². The molecule has 1 saturated heterocycles. The predicted molar refractivity (Wildman–Crippen MR) is 133 cm³/mol. The van der Waals surface area contributed by atoms with E-state index in [1.807, 2.05) is 0 Å². The molecule has 4 N–H and O–H groups in total. The Labute approximate surface area is 209 Å². The van der Waals surface area contributed by atoms with Gasteiger partial charge in [0, 0.05) is 13.6 Å². The number of rotatable bonds is 7. The summed E-state index contributed by atoms with van der Waals surface area (Å²) in [5.74, 6) is -0.972. The van der Waals surface area contributed by atoms with Gasteiger partial charge in [0.1, 0.15) is 23.7 Å². The van der Waals surface area contributed by atoms with Crippen LogP contribution >= 0.6 is 0 Å². The van der Waals surface area contributed by atoms with Gasteiger partial charge in [-0.15, -0.1) is 0 Å². The van der Waals surface area contributed by atoms with Crippen LogP contribution in [0.2, 0.25) is 0 Å². The highest BCUT2D eigenvalue weighted by molar-refractivity contribution is 5.94. The van der Waals surface area contributed by atoms with Gasteiger partial charge in [0.2, 0.25) is 17.7 Å². The molecule has 1 aliphatic heterocycles. The standard InChI is InChI=1S/C25H45N5O5/c1-16(29(7)23(34)35-24(2,3)4)20(31)27-19(17-12-9-8-10-13-17)22(33)30-15-11-14-18(30)21(32)28-25(5,6)26/h16-19H,8-15,26H2,1-7H3,(H,27,31)(H,28,32)/t16-,18-,19-/m0/s1. The van der Waals surface area contributed by atoms with E-state index in [2.05, 4.69) is 10.6 Å². The van der Waals surface area contributed by atoms with Crippen LogP contribution in [0.4, 0.5) is 4.79 Å². The summed E-state index contributed by atoms with van der Waals surface area (Å²) in [4.78, 5) is 55.1. The molecule has 1 heterocycles. The van der Waals surface area contributed by atoms with E-state index in [9.17, 15) is 19.2 Å². The number of nitrogens with one attached hydrogen (secondary N) is 2. The maximum atomic E-state index is 13.8. The molecule has 0 aromatic heterocycles. The van der Waals surface area contributed by atoms with Crippen LogP contribution < -0.4 is 16.4 Å². The summed E-state index contributed by atoms with van der Waals surface area (Å²) in [6.45, 7) is 10.7. The zero-order valence-corrected chi connectivity index (χ0v) is 22.5. The zero-order chi connectivity index (χ0) is 26.6. The molecular weight excluding hydrogens is 450 g/mol. The summed E-state index contributed by atoms with van der Waals surface area (Å²) < 4.78 is 5.38. The van der Waals surface area contributed by atoms with Crippen molar-refractivity contribution >= 4 is 23.8 Å². The number of nitrogens with two attached hydrogens (primary N) is 1. The molecule has 0 radical (unpaired) electrons. The molecule has 200 valence electrons.